The minimum absolute atomic E-state index is 0.0894. The molecule has 1 aliphatic carbocycles. The van der Waals surface area contributed by atoms with E-state index in [0.717, 1.165) is 24.2 Å². The number of fused-ring (bicyclic) bond motifs is 1. The SMILES string of the molecule is Cc1cc(C(NN)C2CCc3cccnc32)cc(C)n1. The summed E-state index contributed by atoms with van der Waals surface area (Å²) >= 11 is 0. The number of hydrogen-bond acceptors (Lipinski definition) is 4. The summed E-state index contributed by atoms with van der Waals surface area (Å²) in [5, 5.41) is 0. The van der Waals surface area contributed by atoms with Crippen LogP contribution >= 0.6 is 0 Å². The van der Waals surface area contributed by atoms with Crippen LogP contribution in [0.4, 0.5) is 0 Å². The van der Waals surface area contributed by atoms with Gasteiger partial charge < -0.3 is 0 Å². The van der Waals surface area contributed by atoms with E-state index < -0.39 is 0 Å². The van der Waals surface area contributed by atoms with Gasteiger partial charge in [0.2, 0.25) is 0 Å². The van der Waals surface area contributed by atoms with E-state index in [4.69, 9.17) is 5.84 Å². The number of rotatable bonds is 3. The Labute approximate surface area is 119 Å². The van der Waals surface area contributed by atoms with Crippen molar-refractivity contribution < 1.29 is 0 Å². The maximum absolute atomic E-state index is 5.84. The molecule has 2 unspecified atom stereocenters. The second-order valence-corrected chi connectivity index (χ2v) is 5.52. The van der Waals surface area contributed by atoms with Crippen LogP contribution in [0, 0.1) is 13.8 Å². The number of nitrogens with one attached hydrogen (secondary N) is 1. The Morgan fingerprint density at radius 2 is 2.05 bits per heavy atom. The number of hydrogen-bond donors (Lipinski definition) is 2. The van der Waals surface area contributed by atoms with Crippen molar-refractivity contribution in [2.75, 3.05) is 0 Å². The van der Waals surface area contributed by atoms with Crippen LogP contribution < -0.4 is 11.3 Å². The van der Waals surface area contributed by atoms with Gasteiger partial charge in [-0.25, -0.2) is 0 Å². The van der Waals surface area contributed by atoms with Gasteiger partial charge in [0.25, 0.3) is 0 Å². The normalized spacial score (nSPS) is 18.9. The van der Waals surface area contributed by atoms with E-state index in [1.165, 1.54) is 16.8 Å². The highest BCUT2D eigenvalue weighted by Crippen LogP contribution is 2.40. The summed E-state index contributed by atoms with van der Waals surface area (Å²) in [7, 11) is 0. The van der Waals surface area contributed by atoms with Crippen molar-refractivity contribution >= 4 is 0 Å². The average Bonchev–Trinajstić information content (AvgIpc) is 2.83. The Bertz CT molecular complexity index is 603. The van der Waals surface area contributed by atoms with Crippen molar-refractivity contribution in [2.45, 2.75) is 38.6 Å². The topological polar surface area (TPSA) is 63.8 Å². The Balaban J connectivity index is 1.99. The Morgan fingerprint density at radius 3 is 2.75 bits per heavy atom. The molecular weight excluding hydrogens is 248 g/mol. The van der Waals surface area contributed by atoms with Gasteiger partial charge in [-0.1, -0.05) is 6.07 Å². The van der Waals surface area contributed by atoms with Crippen LogP contribution in [-0.4, -0.2) is 9.97 Å². The fourth-order valence-corrected chi connectivity index (χ4v) is 3.26. The summed E-state index contributed by atoms with van der Waals surface area (Å²) in [5.41, 5.74) is 8.77. The summed E-state index contributed by atoms with van der Waals surface area (Å²) in [4.78, 5) is 9.01. The number of aryl methyl sites for hydroxylation is 3. The van der Waals surface area contributed by atoms with Gasteiger partial charge in [-0.3, -0.25) is 21.2 Å². The second kappa shape index (κ2) is 5.31. The first kappa shape index (κ1) is 13.2. The molecule has 0 saturated heterocycles. The first-order chi connectivity index (χ1) is 9.69. The summed E-state index contributed by atoms with van der Waals surface area (Å²) in [6, 6.07) is 8.48. The zero-order chi connectivity index (χ0) is 14.1. The highest BCUT2D eigenvalue weighted by atomic mass is 15.2. The monoisotopic (exact) mass is 268 g/mol. The van der Waals surface area contributed by atoms with Crippen molar-refractivity contribution in [3.05, 3.63) is 58.7 Å². The number of pyridine rings is 2. The summed E-state index contributed by atoms with van der Waals surface area (Å²) < 4.78 is 0. The summed E-state index contributed by atoms with van der Waals surface area (Å²) in [6.45, 7) is 4.04. The molecule has 0 saturated carbocycles. The first-order valence-corrected chi connectivity index (χ1v) is 7.04. The molecule has 104 valence electrons. The molecule has 0 amide bonds. The molecule has 0 aromatic carbocycles. The van der Waals surface area contributed by atoms with Crippen molar-refractivity contribution in [1.82, 2.24) is 15.4 Å². The Morgan fingerprint density at radius 1 is 1.30 bits per heavy atom. The van der Waals surface area contributed by atoms with E-state index in [0.29, 0.717) is 5.92 Å². The molecule has 4 nitrogen and oxygen atoms in total. The summed E-state index contributed by atoms with van der Waals surface area (Å²) in [6.07, 6.45) is 4.03. The third-order valence-corrected chi connectivity index (χ3v) is 4.05. The lowest BCUT2D eigenvalue weighted by Crippen LogP contribution is -2.32. The number of nitrogens with zero attached hydrogens (tertiary/aromatic N) is 2. The molecule has 4 heteroatoms. The smallest absolute Gasteiger partial charge is 0.0545 e. The van der Waals surface area contributed by atoms with Gasteiger partial charge in [0.15, 0.2) is 0 Å². The first-order valence-electron chi connectivity index (χ1n) is 7.04. The quantitative estimate of drug-likeness (QED) is 0.662. The molecule has 0 bridgehead atoms. The molecule has 3 N–H and O–H groups in total. The minimum atomic E-state index is 0.0894. The maximum atomic E-state index is 5.84. The molecule has 3 rings (SSSR count). The van der Waals surface area contributed by atoms with Crippen LogP contribution in [0.1, 0.15) is 46.6 Å². The van der Waals surface area contributed by atoms with E-state index in [1.54, 1.807) is 0 Å². The highest BCUT2D eigenvalue weighted by molar-refractivity contribution is 5.34. The van der Waals surface area contributed by atoms with Gasteiger partial charge in [0.05, 0.1) is 6.04 Å². The van der Waals surface area contributed by atoms with Crippen LogP contribution in [0.3, 0.4) is 0 Å². The molecule has 2 aromatic heterocycles. The van der Waals surface area contributed by atoms with E-state index in [1.807, 2.05) is 26.1 Å². The van der Waals surface area contributed by atoms with E-state index in [9.17, 15) is 0 Å². The zero-order valence-electron chi connectivity index (χ0n) is 11.9. The van der Waals surface area contributed by atoms with Gasteiger partial charge in [-0.2, -0.15) is 0 Å². The number of nitrogens with two attached hydrogens (primary N) is 1. The minimum Gasteiger partial charge on any atom is -0.271 e. The third-order valence-electron chi connectivity index (χ3n) is 4.05. The molecule has 0 radical (unpaired) electrons. The second-order valence-electron chi connectivity index (χ2n) is 5.52. The molecule has 2 atom stereocenters. The predicted molar refractivity (Wildman–Crippen MR) is 79.1 cm³/mol. The van der Waals surface area contributed by atoms with Crippen molar-refractivity contribution in [2.24, 2.45) is 5.84 Å². The molecule has 0 spiro atoms. The van der Waals surface area contributed by atoms with Crippen molar-refractivity contribution in [3.63, 3.8) is 0 Å². The molecule has 0 fully saturated rings. The molecular formula is C16H20N4. The third kappa shape index (κ3) is 2.32. The number of hydrazine groups is 1. The van der Waals surface area contributed by atoms with E-state index in [-0.39, 0.29) is 6.04 Å². The molecule has 20 heavy (non-hydrogen) atoms. The molecule has 2 aromatic rings. The number of aromatic nitrogens is 2. The van der Waals surface area contributed by atoms with Crippen molar-refractivity contribution in [3.8, 4) is 0 Å². The Kier molecular flexibility index (Phi) is 3.51. The molecule has 0 aliphatic heterocycles. The van der Waals surface area contributed by atoms with Gasteiger partial charge in [0, 0.05) is 29.2 Å². The van der Waals surface area contributed by atoms with Crippen LogP contribution in [0.25, 0.3) is 0 Å². The van der Waals surface area contributed by atoms with Gasteiger partial charge in [0.1, 0.15) is 0 Å². The zero-order valence-corrected chi connectivity index (χ0v) is 11.9. The lowest BCUT2D eigenvalue weighted by Gasteiger charge is -2.24. The van der Waals surface area contributed by atoms with Gasteiger partial charge in [-0.15, -0.1) is 0 Å². The van der Waals surface area contributed by atoms with Crippen LogP contribution in [0.5, 0.6) is 0 Å². The summed E-state index contributed by atoms with van der Waals surface area (Å²) in [5.74, 6) is 6.17. The van der Waals surface area contributed by atoms with E-state index >= 15 is 0 Å². The van der Waals surface area contributed by atoms with E-state index in [2.05, 4.69) is 33.6 Å². The van der Waals surface area contributed by atoms with Gasteiger partial charge in [-0.05, 0) is 56.0 Å². The fourth-order valence-electron chi connectivity index (χ4n) is 3.26. The van der Waals surface area contributed by atoms with Crippen molar-refractivity contribution in [1.29, 1.82) is 0 Å². The molecule has 2 heterocycles. The largest absolute Gasteiger partial charge is 0.271 e. The Hall–Kier alpha value is -1.78. The standard InChI is InChI=1S/C16H20N4/c1-10-8-13(9-11(2)19-10)16(20-17)14-6-5-12-4-3-7-18-15(12)14/h3-4,7-9,14,16,20H,5-6,17H2,1-2H3. The van der Waals surface area contributed by atoms with Crippen LogP contribution in [0.15, 0.2) is 30.5 Å². The van der Waals surface area contributed by atoms with Gasteiger partial charge >= 0.3 is 0 Å². The lowest BCUT2D eigenvalue weighted by molar-refractivity contribution is 0.446. The maximum Gasteiger partial charge on any atom is 0.0545 e. The lowest BCUT2D eigenvalue weighted by atomic mass is 9.91. The predicted octanol–water partition coefficient (Wildman–Crippen LogP) is 2.33. The van der Waals surface area contributed by atoms with Crippen LogP contribution in [0.2, 0.25) is 0 Å². The average molecular weight is 268 g/mol. The highest BCUT2D eigenvalue weighted by Gasteiger charge is 2.31. The molecule has 1 aliphatic rings. The fraction of sp³-hybridized carbons (Fsp3) is 0.375. The van der Waals surface area contributed by atoms with Crippen LogP contribution in [-0.2, 0) is 6.42 Å².